The highest BCUT2D eigenvalue weighted by Gasteiger charge is 2.32. The van der Waals surface area contributed by atoms with Gasteiger partial charge in [0.1, 0.15) is 23.4 Å². The smallest absolute Gasteiger partial charge is 0.163 e. The van der Waals surface area contributed by atoms with Crippen LogP contribution in [-0.4, -0.2) is 26.1 Å². The van der Waals surface area contributed by atoms with E-state index in [0.29, 0.717) is 16.8 Å². The Labute approximate surface area is 126 Å². The molecule has 1 aliphatic rings. The molecule has 1 aromatic heterocycles. The first-order chi connectivity index (χ1) is 10.4. The summed E-state index contributed by atoms with van der Waals surface area (Å²) in [6, 6.07) is 2.50. The maximum atomic E-state index is 11.6. The van der Waals surface area contributed by atoms with E-state index in [2.05, 4.69) is 4.98 Å². The number of pyridine rings is 1. The van der Waals surface area contributed by atoms with E-state index in [1.807, 2.05) is 0 Å². The van der Waals surface area contributed by atoms with Gasteiger partial charge in [-0.05, 0) is 19.9 Å². The number of nitrogens with zero attached hydrogens (tertiary/aromatic N) is 1. The third-order valence-corrected chi connectivity index (χ3v) is 3.83. The molecule has 0 saturated heterocycles. The molecule has 0 radical (unpaired) electrons. The molecule has 2 aromatic rings. The maximum Gasteiger partial charge on any atom is 0.163 e. The topological polar surface area (TPSA) is 99.9 Å². The van der Waals surface area contributed by atoms with Gasteiger partial charge >= 0.3 is 0 Å². The molecule has 1 aliphatic heterocycles. The number of fused-ring (bicyclic) bond motifs is 1. The molecule has 0 saturated carbocycles. The van der Waals surface area contributed by atoms with Crippen LogP contribution in [0, 0.1) is 6.92 Å². The van der Waals surface area contributed by atoms with Gasteiger partial charge in [0.15, 0.2) is 5.78 Å². The van der Waals surface area contributed by atoms with Crippen molar-refractivity contribution in [1.82, 2.24) is 4.98 Å². The minimum absolute atomic E-state index is 0.0110. The van der Waals surface area contributed by atoms with Gasteiger partial charge in [-0.3, -0.25) is 9.78 Å². The van der Waals surface area contributed by atoms with Crippen LogP contribution in [0.25, 0.3) is 0 Å². The third-order valence-electron chi connectivity index (χ3n) is 3.83. The summed E-state index contributed by atoms with van der Waals surface area (Å²) in [6.07, 6.45) is 0.906. The molecular weight excluding hydrogens is 286 g/mol. The fourth-order valence-electron chi connectivity index (χ4n) is 2.65. The van der Waals surface area contributed by atoms with Crippen LogP contribution >= 0.6 is 0 Å². The Morgan fingerprint density at radius 2 is 2.00 bits per heavy atom. The van der Waals surface area contributed by atoms with Gasteiger partial charge in [0.2, 0.25) is 0 Å². The molecule has 0 amide bonds. The van der Waals surface area contributed by atoms with Crippen molar-refractivity contribution in [2.75, 3.05) is 0 Å². The zero-order valence-corrected chi connectivity index (χ0v) is 12.1. The van der Waals surface area contributed by atoms with Gasteiger partial charge < -0.3 is 20.1 Å². The fraction of sp³-hybridized carbons (Fsp3) is 0.250. The number of hydrogen-bond acceptors (Lipinski definition) is 6. The molecule has 1 atom stereocenters. The van der Waals surface area contributed by atoms with Crippen molar-refractivity contribution in [3.05, 3.63) is 46.3 Å². The first kappa shape index (κ1) is 14.3. The van der Waals surface area contributed by atoms with Gasteiger partial charge in [-0.2, -0.15) is 0 Å². The van der Waals surface area contributed by atoms with Gasteiger partial charge in [0.25, 0.3) is 0 Å². The minimum atomic E-state index is -0.713. The van der Waals surface area contributed by atoms with Crippen molar-refractivity contribution in [3.8, 4) is 17.2 Å². The molecule has 1 unspecified atom stereocenters. The number of carbonyl (C=O) groups excluding carboxylic acids is 1. The predicted molar refractivity (Wildman–Crippen MR) is 77.0 cm³/mol. The predicted octanol–water partition coefficient (Wildman–Crippen LogP) is 2.33. The molecule has 2 heterocycles. The molecule has 22 heavy (non-hydrogen) atoms. The second-order valence-corrected chi connectivity index (χ2v) is 5.31. The van der Waals surface area contributed by atoms with E-state index in [9.17, 15) is 20.1 Å². The van der Waals surface area contributed by atoms with Gasteiger partial charge in [-0.15, -0.1) is 0 Å². The molecule has 6 heteroatoms. The first-order valence-corrected chi connectivity index (χ1v) is 6.76. The Morgan fingerprint density at radius 1 is 1.27 bits per heavy atom. The zero-order valence-electron chi connectivity index (χ0n) is 12.1. The van der Waals surface area contributed by atoms with Crippen molar-refractivity contribution >= 4 is 5.78 Å². The summed E-state index contributed by atoms with van der Waals surface area (Å²) < 4.78 is 5.65. The Morgan fingerprint density at radius 3 is 2.68 bits per heavy atom. The summed E-state index contributed by atoms with van der Waals surface area (Å²) in [5.74, 6) is -0.805. The number of rotatable bonds is 2. The molecule has 6 nitrogen and oxygen atoms in total. The van der Waals surface area contributed by atoms with E-state index in [1.54, 1.807) is 13.1 Å². The second kappa shape index (κ2) is 4.99. The summed E-state index contributed by atoms with van der Waals surface area (Å²) >= 11 is 0. The van der Waals surface area contributed by atoms with Crippen LogP contribution < -0.4 is 0 Å². The third kappa shape index (κ3) is 2.08. The first-order valence-electron chi connectivity index (χ1n) is 6.76. The van der Waals surface area contributed by atoms with E-state index in [0.717, 1.165) is 11.6 Å². The molecule has 0 fully saturated rings. The number of hydrogen-bond donors (Lipinski definition) is 3. The SMILES string of the molecule is CC(=O)c1cc(C2OCc3cnc(C)c(O)c32)c(O)cc1O. The molecule has 3 rings (SSSR count). The van der Waals surface area contributed by atoms with E-state index >= 15 is 0 Å². The number of ether oxygens (including phenoxy) is 1. The summed E-state index contributed by atoms with van der Waals surface area (Å²) in [6.45, 7) is 3.24. The highest BCUT2D eigenvalue weighted by molar-refractivity contribution is 5.97. The van der Waals surface area contributed by atoms with Crippen molar-refractivity contribution in [2.24, 2.45) is 0 Å². The quantitative estimate of drug-likeness (QED) is 0.736. The lowest BCUT2D eigenvalue weighted by atomic mass is 9.95. The van der Waals surface area contributed by atoms with E-state index < -0.39 is 6.10 Å². The lowest BCUT2D eigenvalue weighted by molar-refractivity contribution is 0.0908. The normalized spacial score (nSPS) is 16.5. The average molecular weight is 301 g/mol. The number of phenolic OH excluding ortho intramolecular Hbond substituents is 2. The van der Waals surface area contributed by atoms with Gasteiger partial charge in [-0.1, -0.05) is 0 Å². The van der Waals surface area contributed by atoms with Crippen molar-refractivity contribution in [3.63, 3.8) is 0 Å². The van der Waals surface area contributed by atoms with Crippen LogP contribution in [0.1, 0.15) is 45.8 Å². The number of ketones is 1. The molecular formula is C16H15NO5. The maximum absolute atomic E-state index is 11.6. The largest absolute Gasteiger partial charge is 0.507 e. The number of aryl methyl sites for hydroxylation is 1. The number of aromatic hydroxyl groups is 3. The Kier molecular flexibility index (Phi) is 3.26. The molecule has 0 bridgehead atoms. The van der Waals surface area contributed by atoms with E-state index in [1.165, 1.54) is 13.0 Å². The second-order valence-electron chi connectivity index (χ2n) is 5.31. The highest BCUT2D eigenvalue weighted by atomic mass is 16.5. The van der Waals surface area contributed by atoms with E-state index in [4.69, 9.17) is 4.74 Å². The highest BCUT2D eigenvalue weighted by Crippen LogP contribution is 2.45. The summed E-state index contributed by atoms with van der Waals surface area (Å²) in [7, 11) is 0. The van der Waals surface area contributed by atoms with Gasteiger partial charge in [-0.25, -0.2) is 0 Å². The fourth-order valence-corrected chi connectivity index (χ4v) is 2.65. The summed E-state index contributed by atoms with van der Waals surface area (Å²) in [4.78, 5) is 15.6. The summed E-state index contributed by atoms with van der Waals surface area (Å²) in [5.41, 5.74) is 2.13. The number of phenols is 2. The van der Waals surface area contributed by atoms with Crippen LogP contribution in [0.15, 0.2) is 18.3 Å². The van der Waals surface area contributed by atoms with Crippen LogP contribution in [-0.2, 0) is 11.3 Å². The minimum Gasteiger partial charge on any atom is -0.507 e. The van der Waals surface area contributed by atoms with Crippen LogP contribution in [0.4, 0.5) is 0 Å². The Bertz CT molecular complexity index is 785. The lowest BCUT2D eigenvalue weighted by Crippen LogP contribution is -2.03. The van der Waals surface area contributed by atoms with Gasteiger partial charge in [0.05, 0.1) is 17.9 Å². The molecule has 3 N–H and O–H groups in total. The number of aromatic nitrogens is 1. The van der Waals surface area contributed by atoms with Crippen LogP contribution in [0.5, 0.6) is 17.2 Å². The van der Waals surface area contributed by atoms with E-state index in [-0.39, 0.29) is 35.2 Å². The average Bonchev–Trinajstić information content (AvgIpc) is 2.87. The lowest BCUT2D eigenvalue weighted by Gasteiger charge is -2.16. The van der Waals surface area contributed by atoms with Crippen LogP contribution in [0.3, 0.4) is 0 Å². The standard InChI is InChI=1S/C16H15NO5/c1-7-15(21)14-9(5-17-7)6-22-16(14)11-3-10(8(2)18)12(19)4-13(11)20/h3-5,16,19-21H,6H2,1-2H3. The van der Waals surface area contributed by atoms with Crippen molar-refractivity contribution in [1.29, 1.82) is 0 Å². The van der Waals surface area contributed by atoms with Crippen molar-refractivity contribution in [2.45, 2.75) is 26.6 Å². The monoisotopic (exact) mass is 301 g/mol. The number of Topliss-reactive ketones (excluding diaryl/α,β-unsaturated/α-hetero) is 1. The summed E-state index contributed by atoms with van der Waals surface area (Å²) in [5, 5.41) is 30.1. The number of benzene rings is 1. The molecule has 0 spiro atoms. The molecule has 114 valence electrons. The van der Waals surface area contributed by atoms with Gasteiger partial charge in [0, 0.05) is 29.0 Å². The Balaban J connectivity index is 2.18. The van der Waals surface area contributed by atoms with Crippen LogP contribution in [0.2, 0.25) is 0 Å². The molecule has 1 aromatic carbocycles. The van der Waals surface area contributed by atoms with Crippen molar-refractivity contribution < 1.29 is 24.9 Å². The number of carbonyl (C=O) groups is 1. The zero-order chi connectivity index (χ0) is 16.0. The molecule has 0 aliphatic carbocycles. The Hall–Kier alpha value is -2.60.